The van der Waals surface area contributed by atoms with Crippen LogP contribution in [0, 0.1) is 0 Å². The van der Waals surface area contributed by atoms with Crippen LogP contribution in [0.25, 0.3) is 0 Å². The fourth-order valence-corrected chi connectivity index (χ4v) is 1.65. The Bertz CT molecular complexity index is 627. The second kappa shape index (κ2) is 4.89. The highest BCUT2D eigenvalue weighted by atomic mass is 16.5. The molecule has 0 aliphatic heterocycles. The van der Waals surface area contributed by atoms with E-state index in [0.29, 0.717) is 17.0 Å². The first-order chi connectivity index (χ1) is 8.65. The Morgan fingerprint density at radius 3 is 2.89 bits per heavy atom. The standard InChI is InChI=1S/C12H13N3O3/c1-18-10-4-2-3-8(5-10)12(17)15-9(7-13)6-11(16)14-15/h2-6H,7,13H2,1H3,(H,14,16). The lowest BCUT2D eigenvalue weighted by Crippen LogP contribution is -2.19. The van der Waals surface area contributed by atoms with Crippen molar-refractivity contribution in [2.45, 2.75) is 6.54 Å². The summed E-state index contributed by atoms with van der Waals surface area (Å²) >= 11 is 0. The number of carbonyl (C=O) groups is 1. The third-order valence-corrected chi connectivity index (χ3v) is 2.54. The van der Waals surface area contributed by atoms with Crippen LogP contribution in [-0.4, -0.2) is 22.8 Å². The van der Waals surface area contributed by atoms with E-state index < -0.39 is 0 Å². The van der Waals surface area contributed by atoms with Crippen molar-refractivity contribution in [3.63, 3.8) is 0 Å². The summed E-state index contributed by atoms with van der Waals surface area (Å²) in [6, 6.07) is 7.98. The van der Waals surface area contributed by atoms with Crippen molar-refractivity contribution in [2.75, 3.05) is 7.11 Å². The van der Waals surface area contributed by atoms with Crippen LogP contribution in [0.4, 0.5) is 0 Å². The Morgan fingerprint density at radius 1 is 1.44 bits per heavy atom. The minimum atomic E-state index is -0.355. The zero-order valence-electron chi connectivity index (χ0n) is 9.84. The SMILES string of the molecule is COc1cccc(C(=O)n2[nH]c(=O)cc2CN)c1. The Hall–Kier alpha value is -2.34. The number of H-pyrrole nitrogens is 1. The van der Waals surface area contributed by atoms with Gasteiger partial charge < -0.3 is 10.5 Å². The van der Waals surface area contributed by atoms with Crippen molar-refractivity contribution in [3.8, 4) is 5.75 Å². The third-order valence-electron chi connectivity index (χ3n) is 2.54. The average molecular weight is 247 g/mol. The van der Waals surface area contributed by atoms with Gasteiger partial charge in [0.2, 0.25) is 0 Å². The largest absolute Gasteiger partial charge is 0.497 e. The van der Waals surface area contributed by atoms with Gasteiger partial charge in [-0.05, 0) is 18.2 Å². The van der Waals surface area contributed by atoms with Crippen molar-refractivity contribution < 1.29 is 9.53 Å². The molecule has 0 atom stereocenters. The molecule has 3 N–H and O–H groups in total. The maximum atomic E-state index is 12.2. The Balaban J connectivity index is 2.43. The monoisotopic (exact) mass is 247 g/mol. The number of aromatic nitrogens is 2. The van der Waals surface area contributed by atoms with E-state index in [1.807, 2.05) is 0 Å². The van der Waals surface area contributed by atoms with E-state index in [-0.39, 0.29) is 18.0 Å². The van der Waals surface area contributed by atoms with Crippen LogP contribution in [0.1, 0.15) is 16.1 Å². The van der Waals surface area contributed by atoms with Crippen LogP contribution >= 0.6 is 0 Å². The molecule has 0 saturated carbocycles. The Kier molecular flexibility index (Phi) is 3.29. The van der Waals surface area contributed by atoms with Gasteiger partial charge in [-0.3, -0.25) is 14.7 Å². The molecule has 94 valence electrons. The molecular weight excluding hydrogens is 234 g/mol. The first-order valence-corrected chi connectivity index (χ1v) is 5.35. The van der Waals surface area contributed by atoms with Crippen LogP contribution in [-0.2, 0) is 6.54 Å². The lowest BCUT2D eigenvalue weighted by molar-refractivity contribution is 0.0940. The maximum absolute atomic E-state index is 12.2. The van der Waals surface area contributed by atoms with Crippen LogP contribution in [0.2, 0.25) is 0 Å². The minimum absolute atomic E-state index is 0.106. The number of aromatic amines is 1. The number of nitrogens with two attached hydrogens (primary N) is 1. The minimum Gasteiger partial charge on any atom is -0.497 e. The summed E-state index contributed by atoms with van der Waals surface area (Å²) in [5.41, 5.74) is 5.98. The smallest absolute Gasteiger partial charge is 0.276 e. The summed E-state index contributed by atoms with van der Waals surface area (Å²) in [5, 5.41) is 2.42. The second-order valence-electron chi connectivity index (χ2n) is 3.69. The van der Waals surface area contributed by atoms with Gasteiger partial charge in [0.15, 0.2) is 0 Å². The van der Waals surface area contributed by atoms with Gasteiger partial charge in [0.25, 0.3) is 11.5 Å². The van der Waals surface area contributed by atoms with Crippen molar-refractivity contribution in [1.29, 1.82) is 0 Å². The zero-order chi connectivity index (χ0) is 13.1. The van der Waals surface area contributed by atoms with Crippen LogP contribution in [0.5, 0.6) is 5.75 Å². The van der Waals surface area contributed by atoms with Gasteiger partial charge in [0.1, 0.15) is 5.75 Å². The number of hydrogen-bond acceptors (Lipinski definition) is 4. The van der Waals surface area contributed by atoms with Gasteiger partial charge in [-0.2, -0.15) is 0 Å². The molecule has 18 heavy (non-hydrogen) atoms. The summed E-state index contributed by atoms with van der Waals surface area (Å²) in [6.45, 7) is 0.106. The summed E-state index contributed by atoms with van der Waals surface area (Å²) in [7, 11) is 1.52. The van der Waals surface area contributed by atoms with Crippen LogP contribution < -0.4 is 16.0 Å². The molecule has 0 aliphatic carbocycles. The summed E-state index contributed by atoms with van der Waals surface area (Å²) in [6.07, 6.45) is 0. The molecule has 0 amide bonds. The zero-order valence-corrected chi connectivity index (χ0v) is 9.84. The van der Waals surface area contributed by atoms with E-state index in [1.54, 1.807) is 24.3 Å². The first kappa shape index (κ1) is 12.1. The summed E-state index contributed by atoms with van der Waals surface area (Å²) in [4.78, 5) is 23.4. The number of hydrogen-bond donors (Lipinski definition) is 2. The van der Waals surface area contributed by atoms with E-state index in [2.05, 4.69) is 5.10 Å². The van der Waals surface area contributed by atoms with Gasteiger partial charge in [0.05, 0.1) is 12.8 Å². The number of carbonyl (C=O) groups excluding carboxylic acids is 1. The fraction of sp³-hybridized carbons (Fsp3) is 0.167. The number of methoxy groups -OCH3 is 1. The molecule has 1 aromatic heterocycles. The predicted molar refractivity (Wildman–Crippen MR) is 65.7 cm³/mol. The summed E-state index contributed by atoms with van der Waals surface area (Å²) < 4.78 is 6.19. The lowest BCUT2D eigenvalue weighted by atomic mass is 10.2. The topological polar surface area (TPSA) is 90.1 Å². The maximum Gasteiger partial charge on any atom is 0.276 e. The molecule has 1 heterocycles. The molecule has 0 aliphatic rings. The molecule has 2 rings (SSSR count). The molecule has 2 aromatic rings. The van der Waals surface area contributed by atoms with Crippen molar-refractivity contribution >= 4 is 5.91 Å². The Labute approximate surface area is 103 Å². The van der Waals surface area contributed by atoms with Crippen LogP contribution in [0.3, 0.4) is 0 Å². The fourth-order valence-electron chi connectivity index (χ4n) is 1.65. The third kappa shape index (κ3) is 2.18. The number of rotatable bonds is 3. The van der Waals surface area contributed by atoms with Crippen molar-refractivity contribution in [1.82, 2.24) is 9.78 Å². The molecule has 0 spiro atoms. The van der Waals surface area contributed by atoms with Gasteiger partial charge >= 0.3 is 0 Å². The predicted octanol–water partition coefficient (Wildman–Crippen LogP) is 0.332. The molecule has 0 unspecified atom stereocenters. The highest BCUT2D eigenvalue weighted by Gasteiger charge is 2.13. The number of nitrogens with zero attached hydrogens (tertiary/aromatic N) is 1. The number of nitrogens with one attached hydrogen (secondary N) is 1. The van der Waals surface area contributed by atoms with Gasteiger partial charge in [0, 0.05) is 18.2 Å². The molecule has 0 bridgehead atoms. The van der Waals surface area contributed by atoms with E-state index >= 15 is 0 Å². The quantitative estimate of drug-likeness (QED) is 0.818. The molecule has 1 aromatic carbocycles. The molecule has 0 fully saturated rings. The van der Waals surface area contributed by atoms with Gasteiger partial charge in [-0.25, -0.2) is 4.68 Å². The molecule has 0 saturated heterocycles. The number of benzene rings is 1. The Morgan fingerprint density at radius 2 is 2.22 bits per heavy atom. The van der Waals surface area contributed by atoms with E-state index in [1.165, 1.54) is 13.2 Å². The van der Waals surface area contributed by atoms with Crippen LogP contribution in [0.15, 0.2) is 35.1 Å². The van der Waals surface area contributed by atoms with E-state index in [4.69, 9.17) is 10.5 Å². The highest BCUT2D eigenvalue weighted by Crippen LogP contribution is 2.13. The molecule has 6 heteroatoms. The van der Waals surface area contributed by atoms with Gasteiger partial charge in [-0.15, -0.1) is 0 Å². The van der Waals surface area contributed by atoms with E-state index in [0.717, 1.165) is 4.68 Å². The van der Waals surface area contributed by atoms with Crippen molar-refractivity contribution in [2.24, 2.45) is 5.73 Å². The number of ether oxygens (including phenoxy) is 1. The highest BCUT2D eigenvalue weighted by molar-refractivity contribution is 5.96. The summed E-state index contributed by atoms with van der Waals surface area (Å²) in [5.74, 6) is 0.223. The first-order valence-electron chi connectivity index (χ1n) is 5.35. The van der Waals surface area contributed by atoms with Crippen molar-refractivity contribution in [3.05, 3.63) is 51.9 Å². The average Bonchev–Trinajstić information content (AvgIpc) is 2.79. The molecular formula is C12H13N3O3. The van der Waals surface area contributed by atoms with Gasteiger partial charge in [-0.1, -0.05) is 6.07 Å². The second-order valence-corrected chi connectivity index (χ2v) is 3.69. The lowest BCUT2D eigenvalue weighted by Gasteiger charge is -2.06. The molecule has 6 nitrogen and oxygen atoms in total. The van der Waals surface area contributed by atoms with E-state index in [9.17, 15) is 9.59 Å². The normalized spacial score (nSPS) is 10.3. The molecule has 0 radical (unpaired) electrons.